The van der Waals surface area contributed by atoms with Crippen LogP contribution in [0.1, 0.15) is 0 Å². The van der Waals surface area contributed by atoms with Gasteiger partial charge in [-0.25, -0.2) is 14.1 Å². The van der Waals surface area contributed by atoms with Crippen LogP contribution in [-0.4, -0.2) is 28.9 Å². The molecule has 0 bridgehead atoms. The normalized spacial score (nSPS) is 11.7. The van der Waals surface area contributed by atoms with Crippen molar-refractivity contribution in [1.29, 1.82) is 0 Å². The third kappa shape index (κ3) is 2.20. The van der Waals surface area contributed by atoms with E-state index in [-0.39, 0.29) is 0 Å². The second kappa shape index (κ2) is 5.21. The van der Waals surface area contributed by atoms with Crippen molar-refractivity contribution in [2.45, 2.75) is 0 Å². The van der Waals surface area contributed by atoms with Crippen molar-refractivity contribution in [2.75, 3.05) is 0 Å². The molecule has 0 aromatic carbocycles. The van der Waals surface area contributed by atoms with Crippen molar-refractivity contribution in [1.82, 2.24) is 28.9 Å². The molecule has 0 fully saturated rings. The van der Waals surface area contributed by atoms with Crippen LogP contribution in [0.25, 0.3) is 33.6 Å². The lowest BCUT2D eigenvalue weighted by Crippen LogP contribution is -2.33. The molecule has 0 spiro atoms. The third-order valence-corrected chi connectivity index (χ3v) is 4.67. The molecule has 8 heteroatoms. The SMILES string of the molecule is c1cc2cnc(-[n+]3cc4cnc(-[n+]5cc6cnccc6[nH]5)cn4c3)cn2c1. The smallest absolute Gasteiger partial charge is 0.315 e. The predicted molar refractivity (Wildman–Crippen MR) is 96.7 cm³/mol. The summed E-state index contributed by atoms with van der Waals surface area (Å²) in [5.74, 6) is 1.63. The highest BCUT2D eigenvalue weighted by Crippen LogP contribution is 2.09. The zero-order valence-corrected chi connectivity index (χ0v) is 14.1. The number of imidazole rings is 1. The van der Waals surface area contributed by atoms with Gasteiger partial charge >= 0.3 is 5.82 Å². The van der Waals surface area contributed by atoms with E-state index in [4.69, 9.17) is 0 Å². The van der Waals surface area contributed by atoms with Crippen LogP contribution in [0, 0.1) is 0 Å². The summed E-state index contributed by atoms with van der Waals surface area (Å²) in [6.07, 6.45) is 19.3. The van der Waals surface area contributed by atoms with Crippen molar-refractivity contribution >= 4 is 21.9 Å². The van der Waals surface area contributed by atoms with Crippen LogP contribution in [0.3, 0.4) is 0 Å². The molecular weight excluding hydrogens is 340 g/mol. The largest absolute Gasteiger partial charge is 0.378 e. The molecule has 6 aromatic rings. The number of rotatable bonds is 2. The second-order valence-electron chi connectivity index (χ2n) is 6.39. The molecule has 6 aromatic heterocycles. The first kappa shape index (κ1) is 14.1. The van der Waals surface area contributed by atoms with Crippen molar-refractivity contribution in [3.05, 3.63) is 80.3 Å². The van der Waals surface area contributed by atoms with E-state index in [9.17, 15) is 0 Å². The van der Waals surface area contributed by atoms with Gasteiger partial charge in [0.25, 0.3) is 5.82 Å². The molecule has 128 valence electrons. The van der Waals surface area contributed by atoms with Crippen LogP contribution in [-0.2, 0) is 0 Å². The average Bonchev–Trinajstić information content (AvgIpc) is 3.42. The Kier molecular flexibility index (Phi) is 2.73. The van der Waals surface area contributed by atoms with Gasteiger partial charge in [0.1, 0.15) is 18.6 Å². The standard InChI is InChI=1S/C19H13N8/c1-2-15-7-21-18(11-24(15)5-1)26-10-16-8-22-19(12-25(16)13-26)27-9-14-6-20-4-3-17(14)23-27/h1-13H/q+1/p+1. The number of aromatic nitrogens is 8. The molecule has 8 nitrogen and oxygen atoms in total. The summed E-state index contributed by atoms with van der Waals surface area (Å²) in [6.45, 7) is 0. The van der Waals surface area contributed by atoms with Crippen LogP contribution in [0.4, 0.5) is 0 Å². The molecule has 1 N–H and O–H groups in total. The van der Waals surface area contributed by atoms with Crippen LogP contribution in [0.15, 0.2) is 80.3 Å². The van der Waals surface area contributed by atoms with Crippen LogP contribution >= 0.6 is 0 Å². The van der Waals surface area contributed by atoms with Crippen molar-refractivity contribution in [3.63, 3.8) is 0 Å². The number of fused-ring (bicyclic) bond motifs is 3. The Morgan fingerprint density at radius 3 is 2.74 bits per heavy atom. The van der Waals surface area contributed by atoms with E-state index in [2.05, 4.69) is 24.5 Å². The number of aromatic amines is 1. The lowest BCUT2D eigenvalue weighted by atomic mass is 10.3. The predicted octanol–water partition coefficient (Wildman–Crippen LogP) is 1.41. The van der Waals surface area contributed by atoms with Gasteiger partial charge in [-0.2, -0.15) is 0 Å². The van der Waals surface area contributed by atoms with Gasteiger partial charge in [-0.3, -0.25) is 4.98 Å². The Labute approximate surface area is 152 Å². The topological polar surface area (TPSA) is 71.0 Å². The molecule has 0 unspecified atom stereocenters. The zero-order chi connectivity index (χ0) is 17.8. The first-order valence-electron chi connectivity index (χ1n) is 8.50. The minimum absolute atomic E-state index is 0.787. The van der Waals surface area contributed by atoms with E-state index < -0.39 is 0 Å². The van der Waals surface area contributed by atoms with E-state index in [1.165, 1.54) is 0 Å². The fourth-order valence-electron chi connectivity index (χ4n) is 3.28. The Morgan fingerprint density at radius 1 is 0.889 bits per heavy atom. The van der Waals surface area contributed by atoms with Crippen molar-refractivity contribution in [2.24, 2.45) is 0 Å². The number of nitrogens with zero attached hydrogens (tertiary/aromatic N) is 7. The van der Waals surface area contributed by atoms with Gasteiger partial charge in [0, 0.05) is 18.6 Å². The summed E-state index contributed by atoms with van der Waals surface area (Å²) >= 11 is 0. The van der Waals surface area contributed by atoms with E-state index >= 15 is 0 Å². The zero-order valence-electron chi connectivity index (χ0n) is 14.1. The van der Waals surface area contributed by atoms with Crippen LogP contribution in [0.2, 0.25) is 0 Å². The molecule has 0 radical (unpaired) electrons. The highest BCUT2D eigenvalue weighted by molar-refractivity contribution is 5.75. The third-order valence-electron chi connectivity index (χ3n) is 4.67. The van der Waals surface area contributed by atoms with Gasteiger partial charge in [0.05, 0.1) is 22.6 Å². The van der Waals surface area contributed by atoms with Gasteiger partial charge in [-0.05, 0) is 23.2 Å². The van der Waals surface area contributed by atoms with Crippen LogP contribution < -0.4 is 9.25 Å². The highest BCUT2D eigenvalue weighted by atomic mass is 15.3. The summed E-state index contributed by atoms with van der Waals surface area (Å²) in [7, 11) is 0. The van der Waals surface area contributed by atoms with E-state index in [1.54, 1.807) is 6.20 Å². The van der Waals surface area contributed by atoms with Gasteiger partial charge in [-0.15, -0.1) is 9.67 Å². The summed E-state index contributed by atoms with van der Waals surface area (Å²) in [6, 6.07) is 5.98. The van der Waals surface area contributed by atoms with Crippen molar-refractivity contribution in [3.8, 4) is 11.6 Å². The number of hydrogen-bond donors (Lipinski definition) is 1. The van der Waals surface area contributed by atoms with Gasteiger partial charge in [0.2, 0.25) is 6.33 Å². The first-order chi connectivity index (χ1) is 13.3. The summed E-state index contributed by atoms with van der Waals surface area (Å²) < 4.78 is 7.95. The number of H-pyrrole nitrogens is 1. The molecule has 27 heavy (non-hydrogen) atoms. The van der Waals surface area contributed by atoms with Crippen LogP contribution in [0.5, 0.6) is 0 Å². The summed E-state index contributed by atoms with van der Waals surface area (Å²) in [4.78, 5) is 13.3. The molecule has 0 aliphatic rings. The molecular formula is C19H14N8+2. The molecule has 0 aliphatic heterocycles. The maximum atomic E-state index is 4.57. The van der Waals surface area contributed by atoms with E-state index in [0.29, 0.717) is 0 Å². The van der Waals surface area contributed by atoms with Gasteiger partial charge < -0.3 is 4.40 Å². The molecule has 6 rings (SSSR count). The average molecular weight is 354 g/mol. The number of hydrogen-bond acceptors (Lipinski definition) is 3. The minimum atomic E-state index is 0.787. The molecule has 6 heterocycles. The quantitative estimate of drug-likeness (QED) is 0.478. The number of pyridine rings is 1. The highest BCUT2D eigenvalue weighted by Gasteiger charge is 2.17. The summed E-state index contributed by atoms with van der Waals surface area (Å²) in [5.41, 5.74) is 3.06. The number of nitrogens with one attached hydrogen (secondary N) is 1. The monoisotopic (exact) mass is 354 g/mol. The Balaban J connectivity index is 1.46. The fraction of sp³-hybridized carbons (Fsp3) is 0. The Hall–Kier alpha value is -4.07. The van der Waals surface area contributed by atoms with E-state index in [1.807, 2.05) is 87.8 Å². The molecule has 0 saturated heterocycles. The molecule has 0 aliphatic carbocycles. The van der Waals surface area contributed by atoms with Gasteiger partial charge in [0.15, 0.2) is 17.9 Å². The second-order valence-corrected chi connectivity index (χ2v) is 6.39. The lowest BCUT2D eigenvalue weighted by molar-refractivity contribution is -0.656. The summed E-state index contributed by atoms with van der Waals surface area (Å²) in [5, 5.41) is 4.34. The minimum Gasteiger partial charge on any atom is -0.315 e. The fourth-order valence-corrected chi connectivity index (χ4v) is 3.28. The Morgan fingerprint density at radius 2 is 1.78 bits per heavy atom. The lowest BCUT2D eigenvalue weighted by Gasteiger charge is -1.94. The Bertz CT molecular complexity index is 1410. The first-order valence-corrected chi connectivity index (χ1v) is 8.50. The van der Waals surface area contributed by atoms with E-state index in [0.717, 1.165) is 33.6 Å². The molecule has 0 amide bonds. The van der Waals surface area contributed by atoms with Crippen molar-refractivity contribution < 1.29 is 9.25 Å². The molecule has 0 saturated carbocycles. The van der Waals surface area contributed by atoms with Gasteiger partial charge in [-0.1, -0.05) is 0 Å². The maximum absolute atomic E-state index is 4.57. The maximum Gasteiger partial charge on any atom is 0.378 e. The molecule has 0 atom stereocenters.